The second kappa shape index (κ2) is 7.17. The van der Waals surface area contributed by atoms with Crippen LogP contribution in [0.25, 0.3) is 11.6 Å². The Bertz CT molecular complexity index is 533. The van der Waals surface area contributed by atoms with E-state index >= 15 is 0 Å². The molecule has 18 heavy (non-hydrogen) atoms. The summed E-state index contributed by atoms with van der Waals surface area (Å²) in [5.74, 6) is -0.917. The van der Waals surface area contributed by atoms with Gasteiger partial charge < -0.3 is 5.11 Å². The van der Waals surface area contributed by atoms with Crippen LogP contribution in [0.3, 0.4) is 0 Å². The molecule has 0 bridgehead atoms. The van der Waals surface area contributed by atoms with E-state index in [1.807, 2.05) is 48.5 Å². The van der Waals surface area contributed by atoms with E-state index in [9.17, 15) is 9.90 Å². The molecular weight excluding hydrogens is 235 g/mol. The van der Waals surface area contributed by atoms with Crippen LogP contribution in [0.2, 0.25) is 0 Å². The average Bonchev–Trinajstić information content (AvgIpc) is 2.38. The Kier molecular flexibility index (Phi) is 5.86. The molecule has 2 aromatic rings. The third-order valence-electron chi connectivity index (χ3n) is 2.43. The summed E-state index contributed by atoms with van der Waals surface area (Å²) >= 11 is 0. The van der Waals surface area contributed by atoms with E-state index in [1.165, 1.54) is 0 Å². The quantitative estimate of drug-likeness (QED) is 0.515. The zero-order chi connectivity index (χ0) is 12.1. The fourth-order valence-electron chi connectivity index (χ4n) is 1.60. The molecule has 2 aromatic carbocycles. The summed E-state index contributed by atoms with van der Waals surface area (Å²) in [7, 11) is 0. The summed E-state index contributed by atoms with van der Waals surface area (Å²) in [4.78, 5) is 11.2. The Morgan fingerprint density at radius 2 is 1.39 bits per heavy atom. The van der Waals surface area contributed by atoms with E-state index in [2.05, 4.69) is 0 Å². The van der Waals surface area contributed by atoms with Gasteiger partial charge in [-0.2, -0.15) is 0 Å². The molecule has 86 valence electrons. The summed E-state index contributed by atoms with van der Waals surface area (Å²) in [6.45, 7) is 0. The SMILES string of the molecule is O=C(O)C(=Cc1ccccc1)c1ccccc1.[NaH]. The van der Waals surface area contributed by atoms with E-state index in [-0.39, 0.29) is 29.6 Å². The average molecular weight is 248 g/mol. The summed E-state index contributed by atoms with van der Waals surface area (Å²) in [5.41, 5.74) is 1.90. The van der Waals surface area contributed by atoms with Gasteiger partial charge in [0.05, 0.1) is 5.57 Å². The Hall–Kier alpha value is -1.35. The molecule has 0 aromatic heterocycles. The third-order valence-corrected chi connectivity index (χ3v) is 2.43. The molecule has 0 saturated carbocycles. The van der Waals surface area contributed by atoms with Crippen LogP contribution in [0.5, 0.6) is 0 Å². The molecule has 0 atom stereocenters. The summed E-state index contributed by atoms with van der Waals surface area (Å²) < 4.78 is 0. The summed E-state index contributed by atoms with van der Waals surface area (Å²) in [6, 6.07) is 18.6. The van der Waals surface area contributed by atoms with Crippen LogP contribution in [0.4, 0.5) is 0 Å². The van der Waals surface area contributed by atoms with Crippen molar-refractivity contribution < 1.29 is 9.90 Å². The molecule has 0 heterocycles. The minimum absolute atomic E-state index is 0. The van der Waals surface area contributed by atoms with Crippen molar-refractivity contribution in [1.29, 1.82) is 0 Å². The molecule has 0 aliphatic heterocycles. The van der Waals surface area contributed by atoms with Crippen LogP contribution in [0.1, 0.15) is 11.1 Å². The molecular formula is C15H13NaO2. The number of benzene rings is 2. The van der Waals surface area contributed by atoms with Crippen LogP contribution in [0, 0.1) is 0 Å². The first-order chi connectivity index (χ1) is 8.27. The Morgan fingerprint density at radius 1 is 0.889 bits per heavy atom. The van der Waals surface area contributed by atoms with Crippen molar-refractivity contribution in [2.75, 3.05) is 0 Å². The standard InChI is InChI=1S/C15H12O2.Na.H/c16-15(17)14(13-9-5-2-6-10-13)11-12-7-3-1-4-8-12;;/h1-11H,(H,16,17);;. The number of hydrogen-bond acceptors (Lipinski definition) is 1. The number of rotatable bonds is 3. The predicted molar refractivity (Wildman–Crippen MR) is 75.5 cm³/mol. The summed E-state index contributed by atoms with van der Waals surface area (Å²) in [6.07, 6.45) is 1.68. The molecule has 0 saturated heterocycles. The molecule has 0 spiro atoms. The monoisotopic (exact) mass is 248 g/mol. The number of hydrogen-bond donors (Lipinski definition) is 1. The molecule has 2 rings (SSSR count). The van der Waals surface area contributed by atoms with Crippen LogP contribution in [-0.2, 0) is 4.79 Å². The molecule has 0 aliphatic rings. The van der Waals surface area contributed by atoms with Gasteiger partial charge in [-0.1, -0.05) is 60.7 Å². The van der Waals surface area contributed by atoms with Gasteiger partial charge in [0.25, 0.3) is 0 Å². The van der Waals surface area contributed by atoms with Crippen molar-refractivity contribution in [3.63, 3.8) is 0 Å². The van der Waals surface area contributed by atoms with Gasteiger partial charge in [-0.05, 0) is 17.2 Å². The minimum atomic E-state index is -0.917. The maximum atomic E-state index is 11.2. The Balaban J connectivity index is 0.00000162. The fraction of sp³-hybridized carbons (Fsp3) is 0. The first kappa shape index (κ1) is 14.7. The molecule has 0 aliphatic carbocycles. The normalized spacial score (nSPS) is 10.6. The summed E-state index contributed by atoms with van der Waals surface area (Å²) in [5, 5.41) is 9.22. The molecule has 1 N–H and O–H groups in total. The zero-order valence-electron chi connectivity index (χ0n) is 9.21. The molecule has 0 radical (unpaired) electrons. The molecule has 0 unspecified atom stereocenters. The van der Waals surface area contributed by atoms with Gasteiger partial charge >= 0.3 is 35.5 Å². The molecule has 0 amide bonds. The predicted octanol–water partition coefficient (Wildman–Crippen LogP) is 2.66. The van der Waals surface area contributed by atoms with Crippen LogP contribution in [0.15, 0.2) is 60.7 Å². The van der Waals surface area contributed by atoms with Gasteiger partial charge in [0.15, 0.2) is 0 Å². The van der Waals surface area contributed by atoms with Crippen molar-refractivity contribution in [2.45, 2.75) is 0 Å². The number of carbonyl (C=O) groups is 1. The molecule has 3 heteroatoms. The van der Waals surface area contributed by atoms with E-state index in [1.54, 1.807) is 18.2 Å². The van der Waals surface area contributed by atoms with E-state index < -0.39 is 5.97 Å². The van der Waals surface area contributed by atoms with Crippen LogP contribution >= 0.6 is 0 Å². The topological polar surface area (TPSA) is 37.3 Å². The van der Waals surface area contributed by atoms with E-state index in [4.69, 9.17) is 0 Å². The fourth-order valence-corrected chi connectivity index (χ4v) is 1.60. The van der Waals surface area contributed by atoms with Crippen molar-refractivity contribution >= 4 is 47.2 Å². The van der Waals surface area contributed by atoms with Crippen molar-refractivity contribution in [3.8, 4) is 0 Å². The second-order valence-electron chi connectivity index (χ2n) is 3.64. The number of carboxylic acids is 1. The van der Waals surface area contributed by atoms with E-state index in [0.717, 1.165) is 5.56 Å². The maximum absolute atomic E-state index is 11.2. The van der Waals surface area contributed by atoms with Crippen molar-refractivity contribution in [2.24, 2.45) is 0 Å². The van der Waals surface area contributed by atoms with Gasteiger partial charge in [0.2, 0.25) is 0 Å². The van der Waals surface area contributed by atoms with Gasteiger partial charge in [-0.3, -0.25) is 0 Å². The number of carboxylic acid groups (broad SMARTS) is 1. The molecule has 0 fully saturated rings. The van der Waals surface area contributed by atoms with Gasteiger partial charge in [-0.15, -0.1) is 0 Å². The molecule has 2 nitrogen and oxygen atoms in total. The Labute approximate surface area is 128 Å². The second-order valence-corrected chi connectivity index (χ2v) is 3.64. The third kappa shape index (κ3) is 3.84. The van der Waals surface area contributed by atoms with Crippen LogP contribution in [-0.4, -0.2) is 40.6 Å². The van der Waals surface area contributed by atoms with Gasteiger partial charge in [0, 0.05) is 0 Å². The Morgan fingerprint density at radius 3 is 1.89 bits per heavy atom. The zero-order valence-corrected chi connectivity index (χ0v) is 9.21. The van der Waals surface area contributed by atoms with Crippen LogP contribution < -0.4 is 0 Å². The van der Waals surface area contributed by atoms with Crippen molar-refractivity contribution in [1.82, 2.24) is 0 Å². The van der Waals surface area contributed by atoms with E-state index in [0.29, 0.717) is 11.1 Å². The van der Waals surface area contributed by atoms with Gasteiger partial charge in [0.1, 0.15) is 0 Å². The number of aliphatic carboxylic acids is 1. The first-order valence-electron chi connectivity index (χ1n) is 5.33. The van der Waals surface area contributed by atoms with Gasteiger partial charge in [-0.25, -0.2) is 4.79 Å². The van der Waals surface area contributed by atoms with Crippen molar-refractivity contribution in [3.05, 3.63) is 71.8 Å². The first-order valence-corrected chi connectivity index (χ1v) is 5.33.